The molecule has 6 N–H and O–H groups in total. The predicted octanol–water partition coefficient (Wildman–Crippen LogP) is 3.78. The number of benzene rings is 3. The fraction of sp³-hybridized carbons (Fsp3) is 0.293. The molecule has 4 heterocycles. The molecule has 306 valence electrons. The van der Waals surface area contributed by atoms with Crippen LogP contribution in [0, 0.1) is 0 Å². The highest BCUT2D eigenvalue weighted by Gasteiger charge is 2.19. The lowest BCUT2D eigenvalue weighted by Gasteiger charge is -2.12. The number of anilines is 1. The first kappa shape index (κ1) is 40.7. The molecule has 0 aliphatic rings. The van der Waals surface area contributed by atoms with Crippen LogP contribution in [0.25, 0.3) is 38.8 Å². The van der Waals surface area contributed by atoms with E-state index in [9.17, 15) is 19.2 Å². The monoisotopic (exact) mass is 820 g/mol. The van der Waals surface area contributed by atoms with Crippen molar-refractivity contribution in [3.8, 4) is 11.7 Å². The molecule has 0 saturated carbocycles. The number of thioether (sulfide) groups is 1. The smallest absolute Gasteiger partial charge is 0.328 e. The van der Waals surface area contributed by atoms with Crippen LogP contribution < -0.4 is 32.4 Å². The Kier molecular flexibility index (Phi) is 13.3. The second kappa shape index (κ2) is 19.3. The minimum Gasteiger partial charge on any atom is -0.463 e. The van der Waals surface area contributed by atoms with Crippen molar-refractivity contribution >= 4 is 62.5 Å². The van der Waals surface area contributed by atoms with E-state index in [0.29, 0.717) is 71.5 Å². The van der Waals surface area contributed by atoms with Gasteiger partial charge in [0.25, 0.3) is 11.5 Å². The zero-order valence-corrected chi connectivity index (χ0v) is 33.2. The number of H-pyrrole nitrogens is 2. The van der Waals surface area contributed by atoms with Crippen LogP contribution >= 0.6 is 11.8 Å². The lowest BCUT2D eigenvalue weighted by molar-refractivity contribution is -0.118. The number of aromatic nitrogens is 7. The molecule has 4 aromatic heterocycles. The number of rotatable bonds is 20. The largest absolute Gasteiger partial charge is 0.463 e. The van der Waals surface area contributed by atoms with Crippen LogP contribution in [0.5, 0.6) is 6.01 Å². The number of nitrogens with two attached hydrogens (primary N) is 1. The van der Waals surface area contributed by atoms with Gasteiger partial charge in [-0.25, -0.2) is 9.78 Å². The summed E-state index contributed by atoms with van der Waals surface area (Å²) in [5.74, 6) is -0.301. The highest BCUT2D eigenvalue weighted by Crippen LogP contribution is 2.26. The third-order valence-corrected chi connectivity index (χ3v) is 10.2. The minimum absolute atomic E-state index is 0.0559. The van der Waals surface area contributed by atoms with E-state index in [-0.39, 0.29) is 60.4 Å². The molecule has 59 heavy (non-hydrogen) atoms. The fourth-order valence-corrected chi connectivity index (χ4v) is 7.08. The number of hydrogen-bond acceptors (Lipinski definition) is 12. The highest BCUT2D eigenvalue weighted by molar-refractivity contribution is 7.99. The van der Waals surface area contributed by atoms with Gasteiger partial charge in [-0.05, 0) is 42.3 Å². The number of aromatic amines is 2. The van der Waals surface area contributed by atoms with Gasteiger partial charge in [0.1, 0.15) is 16.6 Å². The van der Waals surface area contributed by atoms with E-state index in [1.54, 1.807) is 24.3 Å². The molecule has 7 rings (SSSR count). The van der Waals surface area contributed by atoms with E-state index < -0.39 is 0 Å². The average molecular weight is 821 g/mol. The number of ether oxygens (including phenoxy) is 3. The van der Waals surface area contributed by atoms with E-state index in [1.165, 1.54) is 20.9 Å². The maximum atomic E-state index is 13.6. The van der Waals surface area contributed by atoms with E-state index >= 15 is 0 Å². The Morgan fingerprint density at radius 2 is 1.54 bits per heavy atom. The number of imidazole rings is 1. The number of hydrogen-bond donors (Lipinski definition) is 5. The standard InChI is InChI=1S/C41H44N10O7S/c1-2-3-19-58-39-48-35(42)34-36(49-39)50(40(55)46-34)24-26-13-15-27(16-14-26)37(53)44-18-21-57-23-22-56-20-17-43-31(52)25-59-41-47-32-29-11-7-8-12-30(29)45-33(32)38(54)51(41)28-9-5-4-6-10-28/h4-16,45H,2-3,17-25H2,1H3,(H,43,52)(H,44,53)(H,46,55)(H2,42,48,49). The summed E-state index contributed by atoms with van der Waals surface area (Å²) in [6.45, 7) is 4.47. The Morgan fingerprint density at radius 3 is 2.31 bits per heavy atom. The molecule has 0 aliphatic carbocycles. The number of nitrogens with one attached hydrogen (secondary N) is 4. The van der Waals surface area contributed by atoms with Crippen molar-refractivity contribution < 1.29 is 23.8 Å². The molecule has 17 nitrogen and oxygen atoms in total. The van der Waals surface area contributed by atoms with Gasteiger partial charge in [-0.15, -0.1) is 0 Å². The summed E-state index contributed by atoms with van der Waals surface area (Å²) in [6.07, 6.45) is 1.79. The lowest BCUT2D eigenvalue weighted by atomic mass is 10.1. The maximum absolute atomic E-state index is 13.6. The van der Waals surface area contributed by atoms with Gasteiger partial charge >= 0.3 is 11.7 Å². The number of para-hydroxylation sites is 2. The molecule has 2 amide bonds. The summed E-state index contributed by atoms with van der Waals surface area (Å²) < 4.78 is 19.7. The molecule has 0 bridgehead atoms. The zero-order valence-electron chi connectivity index (χ0n) is 32.4. The molecule has 0 radical (unpaired) electrons. The number of fused-ring (bicyclic) bond motifs is 4. The number of amides is 2. The maximum Gasteiger partial charge on any atom is 0.328 e. The normalized spacial score (nSPS) is 11.4. The fourth-order valence-electron chi connectivity index (χ4n) is 6.24. The molecule has 3 aromatic carbocycles. The van der Waals surface area contributed by atoms with Gasteiger partial charge in [0.15, 0.2) is 16.6 Å². The van der Waals surface area contributed by atoms with E-state index in [0.717, 1.165) is 29.3 Å². The van der Waals surface area contributed by atoms with E-state index in [2.05, 4.69) is 30.6 Å². The van der Waals surface area contributed by atoms with Gasteiger partial charge in [0.2, 0.25) is 5.91 Å². The third kappa shape index (κ3) is 9.80. The summed E-state index contributed by atoms with van der Waals surface area (Å²) in [5, 5.41) is 6.92. The molecule has 18 heteroatoms. The van der Waals surface area contributed by atoms with E-state index in [4.69, 9.17) is 24.9 Å². The number of nitrogens with zero attached hydrogens (tertiary/aromatic N) is 5. The van der Waals surface area contributed by atoms with Crippen molar-refractivity contribution in [1.29, 1.82) is 0 Å². The van der Waals surface area contributed by atoms with Crippen molar-refractivity contribution in [3.63, 3.8) is 0 Å². The van der Waals surface area contributed by atoms with Gasteiger partial charge in [0, 0.05) is 29.6 Å². The molecule has 0 fully saturated rings. The number of carbonyl (C=O) groups excluding carboxylic acids is 2. The van der Waals surface area contributed by atoms with Crippen molar-refractivity contribution in [2.45, 2.75) is 31.5 Å². The summed E-state index contributed by atoms with van der Waals surface area (Å²) >= 11 is 1.19. The Labute approximate surface area is 341 Å². The summed E-state index contributed by atoms with van der Waals surface area (Å²) in [5.41, 5.74) is 9.78. The summed E-state index contributed by atoms with van der Waals surface area (Å²) in [4.78, 5) is 71.1. The van der Waals surface area contributed by atoms with Crippen molar-refractivity contribution in [2.75, 3.05) is 57.6 Å². The Morgan fingerprint density at radius 1 is 0.814 bits per heavy atom. The molecule has 0 saturated heterocycles. The highest BCUT2D eigenvalue weighted by atomic mass is 32.2. The zero-order chi connectivity index (χ0) is 41.1. The van der Waals surface area contributed by atoms with Crippen LogP contribution in [0.3, 0.4) is 0 Å². The Bertz CT molecular complexity index is 2680. The molecular weight excluding hydrogens is 777 g/mol. The van der Waals surface area contributed by atoms with Crippen molar-refractivity contribution in [2.24, 2.45) is 0 Å². The number of nitrogen functional groups attached to an aromatic ring is 1. The first-order chi connectivity index (χ1) is 28.8. The summed E-state index contributed by atoms with van der Waals surface area (Å²) in [7, 11) is 0. The second-order valence-electron chi connectivity index (χ2n) is 13.4. The van der Waals surface area contributed by atoms with Crippen molar-refractivity contribution in [3.05, 3.63) is 111 Å². The Hall–Kier alpha value is -6.50. The van der Waals surface area contributed by atoms with Gasteiger partial charge in [-0.1, -0.05) is 73.6 Å². The van der Waals surface area contributed by atoms with Gasteiger partial charge < -0.3 is 40.5 Å². The average Bonchev–Trinajstić information content (AvgIpc) is 3.78. The van der Waals surface area contributed by atoms with Gasteiger partial charge in [-0.2, -0.15) is 9.97 Å². The molecule has 7 aromatic rings. The molecule has 0 atom stereocenters. The van der Waals surface area contributed by atoms with Crippen LogP contribution in [0.4, 0.5) is 5.82 Å². The van der Waals surface area contributed by atoms with Crippen LogP contribution in [0.2, 0.25) is 0 Å². The number of carbonyl (C=O) groups is 2. The summed E-state index contributed by atoms with van der Waals surface area (Å²) in [6, 6.07) is 23.8. The molecule has 0 unspecified atom stereocenters. The predicted molar refractivity (Wildman–Crippen MR) is 225 cm³/mol. The topological polar surface area (TPSA) is 226 Å². The second-order valence-corrected chi connectivity index (χ2v) is 14.3. The SMILES string of the molecule is CCCCOc1nc(N)c2[nH]c(=O)n(Cc3ccc(C(=O)NCCOCCOCCNC(=O)CSc4nc5c([nH]c6ccccc65)c(=O)n4-c4ccccc4)cc3)c2n1. The van der Waals surface area contributed by atoms with Crippen LogP contribution in [-0.2, 0) is 20.8 Å². The molecule has 0 aliphatic heterocycles. The van der Waals surface area contributed by atoms with Crippen LogP contribution in [-0.4, -0.2) is 97.7 Å². The molecule has 0 spiro atoms. The quantitative estimate of drug-likeness (QED) is 0.0421. The Balaban J connectivity index is 0.795. The van der Waals surface area contributed by atoms with Crippen LogP contribution in [0.15, 0.2) is 93.6 Å². The first-order valence-electron chi connectivity index (χ1n) is 19.2. The van der Waals surface area contributed by atoms with Gasteiger partial charge in [-0.3, -0.25) is 23.5 Å². The lowest BCUT2D eigenvalue weighted by Crippen LogP contribution is -2.30. The molecular formula is C41H44N10O7S. The third-order valence-electron chi connectivity index (χ3n) is 9.23. The minimum atomic E-state index is -0.385. The van der Waals surface area contributed by atoms with E-state index in [1.807, 2.05) is 61.5 Å². The van der Waals surface area contributed by atoms with Crippen molar-refractivity contribution in [1.82, 2.24) is 44.7 Å². The van der Waals surface area contributed by atoms with Crippen LogP contribution in [0.1, 0.15) is 35.7 Å². The first-order valence-corrected chi connectivity index (χ1v) is 20.2. The number of unbranched alkanes of at least 4 members (excludes halogenated alkanes) is 1. The van der Waals surface area contributed by atoms with Gasteiger partial charge in [0.05, 0.1) is 51.0 Å².